The monoisotopic (exact) mass is 692 g/mol. The van der Waals surface area contributed by atoms with Crippen molar-refractivity contribution in [2.75, 3.05) is 0 Å². The molecule has 270 valence electrons. The molecule has 4 nitrogen and oxygen atoms in total. The smallest absolute Gasteiger partial charge is 0.340 e. The van der Waals surface area contributed by atoms with E-state index in [2.05, 4.69) is 122 Å². The topological polar surface area (TPSA) is 36.2 Å². The Kier molecular flexibility index (Phi) is 11.0. The molecule has 4 aromatic carbocycles. The van der Waals surface area contributed by atoms with Crippen molar-refractivity contribution in [3.8, 4) is 11.1 Å². The van der Waals surface area contributed by atoms with E-state index >= 15 is 0 Å². The van der Waals surface area contributed by atoms with Crippen LogP contribution in [0.2, 0.25) is 0 Å². The van der Waals surface area contributed by atoms with Crippen LogP contribution >= 0.6 is 0 Å². The number of ether oxygens (including phenoxy) is 1. The minimum Gasteiger partial charge on any atom is -0.440 e. The van der Waals surface area contributed by atoms with Gasteiger partial charge in [0.15, 0.2) is 5.60 Å². The van der Waals surface area contributed by atoms with Crippen LogP contribution in [0.4, 0.5) is 0 Å². The van der Waals surface area contributed by atoms with Gasteiger partial charge in [0.05, 0.1) is 5.56 Å². The van der Waals surface area contributed by atoms with Crippen LogP contribution < -0.4 is 0 Å². The Morgan fingerprint density at radius 3 is 1.69 bits per heavy atom. The van der Waals surface area contributed by atoms with Gasteiger partial charge in [-0.2, -0.15) is 0 Å². The van der Waals surface area contributed by atoms with Crippen LogP contribution in [0.3, 0.4) is 0 Å². The standard InChI is InChI=1S/C48H56N2O2/c1-5-7-9-11-13-22-33-49-35(3)44(38-27-18-20-31-42(38)49)40-29-24-30-41-46(40)48(52-47(41)51,37-25-16-15-17-26-37)45-36(4)50(34-23-14-12-10-8-6-2)43-32-21-19-28-39(43)45/h15-21,24-32H,5-14,22-23,33-34H2,1-4H3. The lowest BCUT2D eigenvalue weighted by atomic mass is 9.75. The molecule has 6 aromatic rings. The van der Waals surface area contributed by atoms with E-state index < -0.39 is 5.60 Å². The highest BCUT2D eigenvalue weighted by Gasteiger charge is 2.52. The first-order chi connectivity index (χ1) is 25.5. The van der Waals surface area contributed by atoms with Gasteiger partial charge in [-0.15, -0.1) is 0 Å². The van der Waals surface area contributed by atoms with Gasteiger partial charge >= 0.3 is 5.97 Å². The predicted molar refractivity (Wildman–Crippen MR) is 217 cm³/mol. The molecule has 1 unspecified atom stereocenters. The maximum absolute atomic E-state index is 14.3. The first-order valence-corrected chi connectivity index (χ1v) is 20.1. The molecule has 1 atom stereocenters. The number of nitrogens with zero attached hydrogens (tertiary/aromatic N) is 2. The van der Waals surface area contributed by atoms with Gasteiger partial charge in [-0.25, -0.2) is 4.79 Å². The number of fused-ring (bicyclic) bond motifs is 3. The SMILES string of the molecule is CCCCCCCCn1c(C)c(-c2cccc3c2C(c2ccccc2)(c2c(C)n(CCCCCCCC)c4ccccc24)OC3=O)c2ccccc21. The zero-order valence-corrected chi connectivity index (χ0v) is 31.8. The number of carbonyl (C=O) groups excluding carboxylic acids is 1. The number of aryl methyl sites for hydroxylation is 2. The largest absolute Gasteiger partial charge is 0.440 e. The molecule has 0 spiro atoms. The molecule has 2 aromatic heterocycles. The maximum atomic E-state index is 14.3. The summed E-state index contributed by atoms with van der Waals surface area (Å²) in [5.74, 6) is -0.263. The van der Waals surface area contributed by atoms with Crippen LogP contribution in [-0.4, -0.2) is 15.1 Å². The van der Waals surface area contributed by atoms with E-state index in [9.17, 15) is 4.79 Å². The Bertz CT molecular complexity index is 2150. The van der Waals surface area contributed by atoms with E-state index in [1.165, 1.54) is 91.9 Å². The van der Waals surface area contributed by atoms with Crippen molar-refractivity contribution in [1.29, 1.82) is 0 Å². The first-order valence-electron chi connectivity index (χ1n) is 20.1. The summed E-state index contributed by atoms with van der Waals surface area (Å²) in [5, 5.41) is 2.37. The Labute approximate surface area is 310 Å². The van der Waals surface area contributed by atoms with Gasteiger partial charge in [-0.3, -0.25) is 0 Å². The van der Waals surface area contributed by atoms with Crippen LogP contribution in [0.15, 0.2) is 97.1 Å². The summed E-state index contributed by atoms with van der Waals surface area (Å²) in [7, 11) is 0. The van der Waals surface area contributed by atoms with Gasteiger partial charge in [-0.1, -0.05) is 157 Å². The lowest BCUT2D eigenvalue weighted by molar-refractivity contribution is 0.0254. The van der Waals surface area contributed by atoms with Crippen molar-refractivity contribution >= 4 is 27.8 Å². The van der Waals surface area contributed by atoms with E-state index in [0.29, 0.717) is 5.56 Å². The summed E-state index contributed by atoms with van der Waals surface area (Å²) in [6.45, 7) is 11.0. The van der Waals surface area contributed by atoms with Crippen LogP contribution in [0.1, 0.15) is 129 Å². The highest BCUT2D eigenvalue weighted by atomic mass is 16.6. The average Bonchev–Trinajstić information content (AvgIpc) is 3.75. The lowest BCUT2D eigenvalue weighted by Crippen LogP contribution is -2.31. The fourth-order valence-corrected chi connectivity index (χ4v) is 9.07. The first kappa shape index (κ1) is 35.8. The Hall–Kier alpha value is -4.57. The number of aromatic nitrogens is 2. The highest BCUT2D eigenvalue weighted by molar-refractivity contribution is 6.05. The van der Waals surface area contributed by atoms with Gasteiger partial charge in [0.25, 0.3) is 0 Å². The number of esters is 1. The number of benzene rings is 4. The second-order valence-corrected chi connectivity index (χ2v) is 15.0. The molecule has 4 heteroatoms. The predicted octanol–water partition coefficient (Wildman–Crippen LogP) is 13.1. The summed E-state index contributed by atoms with van der Waals surface area (Å²) in [6, 6.07) is 34.3. The van der Waals surface area contributed by atoms with Crippen molar-refractivity contribution in [3.05, 3.63) is 131 Å². The third-order valence-corrected chi connectivity index (χ3v) is 11.6. The van der Waals surface area contributed by atoms with E-state index in [4.69, 9.17) is 4.74 Å². The summed E-state index contributed by atoms with van der Waals surface area (Å²) in [5.41, 5.74) is 9.69. The number of hydrogen-bond donors (Lipinski definition) is 0. The summed E-state index contributed by atoms with van der Waals surface area (Å²) in [6.07, 6.45) is 15.1. The fraction of sp³-hybridized carbons (Fsp3) is 0.396. The Morgan fingerprint density at radius 2 is 1.04 bits per heavy atom. The number of cyclic esters (lactones) is 1. The number of hydrogen-bond acceptors (Lipinski definition) is 2. The van der Waals surface area contributed by atoms with Crippen LogP contribution in [0.5, 0.6) is 0 Å². The molecule has 0 radical (unpaired) electrons. The molecular weight excluding hydrogens is 637 g/mol. The van der Waals surface area contributed by atoms with E-state index in [1.54, 1.807) is 0 Å². The Morgan fingerprint density at radius 1 is 0.519 bits per heavy atom. The lowest BCUT2D eigenvalue weighted by Gasteiger charge is -2.32. The third-order valence-electron chi connectivity index (χ3n) is 11.6. The minimum atomic E-state index is -1.12. The molecular formula is C48H56N2O2. The molecule has 0 saturated carbocycles. The Balaban J connectivity index is 1.42. The average molecular weight is 693 g/mol. The normalized spacial score (nSPS) is 15.5. The molecule has 0 aliphatic carbocycles. The fourth-order valence-electron chi connectivity index (χ4n) is 9.07. The number of carbonyl (C=O) groups is 1. The molecule has 0 fully saturated rings. The van der Waals surface area contributed by atoms with Crippen LogP contribution in [-0.2, 0) is 23.4 Å². The zero-order valence-electron chi connectivity index (χ0n) is 31.8. The zero-order chi connectivity index (χ0) is 36.1. The van der Waals surface area contributed by atoms with Gasteiger partial charge < -0.3 is 13.9 Å². The quantitative estimate of drug-likeness (QED) is 0.0705. The third kappa shape index (κ3) is 6.39. The van der Waals surface area contributed by atoms with E-state index in [-0.39, 0.29) is 5.97 Å². The van der Waals surface area contributed by atoms with E-state index in [0.717, 1.165) is 59.3 Å². The molecule has 1 aliphatic rings. The van der Waals surface area contributed by atoms with Crippen molar-refractivity contribution in [1.82, 2.24) is 9.13 Å². The second-order valence-electron chi connectivity index (χ2n) is 15.0. The number of unbranched alkanes of at least 4 members (excludes halogenated alkanes) is 10. The molecule has 52 heavy (non-hydrogen) atoms. The molecule has 0 bridgehead atoms. The summed E-state index contributed by atoms with van der Waals surface area (Å²) >= 11 is 0. The molecule has 1 aliphatic heterocycles. The minimum absolute atomic E-state index is 0.263. The van der Waals surface area contributed by atoms with Crippen molar-refractivity contribution < 1.29 is 9.53 Å². The van der Waals surface area contributed by atoms with Gasteiger partial charge in [0.1, 0.15) is 0 Å². The van der Waals surface area contributed by atoms with Gasteiger partial charge in [0, 0.05) is 68.5 Å². The molecule has 0 N–H and O–H groups in total. The van der Waals surface area contributed by atoms with Crippen LogP contribution in [0.25, 0.3) is 32.9 Å². The molecule has 0 saturated heterocycles. The number of para-hydroxylation sites is 2. The van der Waals surface area contributed by atoms with Crippen molar-refractivity contribution in [2.24, 2.45) is 0 Å². The van der Waals surface area contributed by atoms with Crippen LogP contribution in [0, 0.1) is 13.8 Å². The molecule has 3 heterocycles. The summed E-state index contributed by atoms with van der Waals surface area (Å²) in [4.78, 5) is 14.3. The van der Waals surface area contributed by atoms with Gasteiger partial charge in [0.2, 0.25) is 0 Å². The number of rotatable bonds is 17. The maximum Gasteiger partial charge on any atom is 0.340 e. The second kappa shape index (κ2) is 16.0. The molecule has 7 rings (SSSR count). The van der Waals surface area contributed by atoms with Crippen molar-refractivity contribution in [2.45, 2.75) is 123 Å². The molecule has 0 amide bonds. The highest BCUT2D eigenvalue weighted by Crippen LogP contribution is 2.55. The van der Waals surface area contributed by atoms with Crippen molar-refractivity contribution in [3.63, 3.8) is 0 Å². The van der Waals surface area contributed by atoms with Gasteiger partial charge in [-0.05, 0) is 50.5 Å². The van der Waals surface area contributed by atoms with E-state index in [1.807, 2.05) is 12.1 Å². The summed E-state index contributed by atoms with van der Waals surface area (Å²) < 4.78 is 11.9.